The molecule has 7 nitrogen and oxygen atoms in total. The maximum Gasteiger partial charge on any atom is 0.311 e. The highest BCUT2D eigenvalue weighted by Gasteiger charge is 2.13. The van der Waals surface area contributed by atoms with Crippen molar-refractivity contribution in [1.29, 1.82) is 0 Å². The summed E-state index contributed by atoms with van der Waals surface area (Å²) in [5.41, 5.74) is 0.480. The number of pyridine rings is 1. The van der Waals surface area contributed by atoms with E-state index in [2.05, 4.69) is 15.6 Å². The van der Waals surface area contributed by atoms with Gasteiger partial charge in [0.2, 0.25) is 5.82 Å². The first kappa shape index (κ1) is 14.4. The molecule has 0 unspecified atom stereocenters. The van der Waals surface area contributed by atoms with E-state index in [9.17, 15) is 14.9 Å². The van der Waals surface area contributed by atoms with Gasteiger partial charge in [-0.2, -0.15) is 0 Å². The third-order valence-corrected chi connectivity index (χ3v) is 2.72. The standard InChI is InChI=1S/C14H14N4O3/c19-14(11-5-2-1-3-6-11)17-10-9-16-13-12(18(20)21)7-4-8-15-13/h1-8H,9-10H2,(H,15,16)(H,17,19). The van der Waals surface area contributed by atoms with E-state index in [4.69, 9.17) is 0 Å². The Morgan fingerprint density at radius 1 is 1.14 bits per heavy atom. The molecule has 2 aromatic rings. The SMILES string of the molecule is O=C(NCCNc1ncccc1[N+](=O)[O-])c1ccccc1. The predicted octanol–water partition coefficient (Wildman–Crippen LogP) is 1.83. The van der Waals surface area contributed by atoms with Crippen LogP contribution in [0.3, 0.4) is 0 Å². The molecule has 0 spiro atoms. The molecule has 0 radical (unpaired) electrons. The van der Waals surface area contributed by atoms with Crippen LogP contribution in [0.25, 0.3) is 0 Å². The molecule has 0 aliphatic rings. The fourth-order valence-corrected chi connectivity index (χ4v) is 1.73. The molecule has 1 aromatic carbocycles. The molecule has 1 heterocycles. The Morgan fingerprint density at radius 2 is 1.90 bits per heavy atom. The molecule has 0 fully saturated rings. The highest BCUT2D eigenvalue weighted by molar-refractivity contribution is 5.94. The van der Waals surface area contributed by atoms with Gasteiger partial charge in [0.05, 0.1) is 4.92 Å². The molecule has 7 heteroatoms. The summed E-state index contributed by atoms with van der Waals surface area (Å²) in [4.78, 5) is 26.0. The molecule has 0 aliphatic carbocycles. The summed E-state index contributed by atoms with van der Waals surface area (Å²) in [5.74, 6) is 0.00406. The van der Waals surface area contributed by atoms with E-state index in [1.54, 1.807) is 24.3 Å². The Morgan fingerprint density at radius 3 is 2.62 bits per heavy atom. The van der Waals surface area contributed by atoms with Crippen molar-refractivity contribution in [3.8, 4) is 0 Å². The smallest absolute Gasteiger partial charge is 0.311 e. The average Bonchev–Trinajstić information content (AvgIpc) is 2.52. The predicted molar refractivity (Wildman–Crippen MR) is 78.2 cm³/mol. The van der Waals surface area contributed by atoms with Crippen LogP contribution in [-0.2, 0) is 0 Å². The first-order valence-electron chi connectivity index (χ1n) is 6.35. The summed E-state index contributed by atoms with van der Waals surface area (Å²) in [6.07, 6.45) is 1.47. The minimum atomic E-state index is -0.502. The Labute approximate surface area is 121 Å². The van der Waals surface area contributed by atoms with Crippen molar-refractivity contribution < 1.29 is 9.72 Å². The Kier molecular flexibility index (Phi) is 4.81. The zero-order valence-electron chi connectivity index (χ0n) is 11.2. The Balaban J connectivity index is 1.83. The first-order chi connectivity index (χ1) is 10.2. The summed E-state index contributed by atoms with van der Waals surface area (Å²) in [6.45, 7) is 0.678. The topological polar surface area (TPSA) is 97.2 Å². The van der Waals surface area contributed by atoms with Crippen LogP contribution in [0.2, 0.25) is 0 Å². The summed E-state index contributed by atoms with van der Waals surface area (Å²) in [6, 6.07) is 11.7. The molecule has 1 aromatic heterocycles. The van der Waals surface area contributed by atoms with Crippen molar-refractivity contribution in [3.63, 3.8) is 0 Å². The third-order valence-electron chi connectivity index (χ3n) is 2.72. The number of carbonyl (C=O) groups is 1. The number of nitro groups is 1. The first-order valence-corrected chi connectivity index (χ1v) is 6.35. The lowest BCUT2D eigenvalue weighted by molar-refractivity contribution is -0.384. The minimum Gasteiger partial charge on any atom is -0.363 e. The van der Waals surface area contributed by atoms with Crippen LogP contribution in [0.1, 0.15) is 10.4 Å². The number of nitrogens with one attached hydrogen (secondary N) is 2. The van der Waals surface area contributed by atoms with Crippen molar-refractivity contribution in [3.05, 3.63) is 64.3 Å². The fourth-order valence-electron chi connectivity index (χ4n) is 1.73. The highest BCUT2D eigenvalue weighted by Crippen LogP contribution is 2.19. The van der Waals surface area contributed by atoms with Crippen LogP contribution < -0.4 is 10.6 Å². The number of anilines is 1. The normalized spacial score (nSPS) is 9.90. The number of hydrogen-bond acceptors (Lipinski definition) is 5. The van der Waals surface area contributed by atoms with Crippen molar-refractivity contribution in [2.24, 2.45) is 0 Å². The van der Waals surface area contributed by atoms with E-state index in [1.165, 1.54) is 18.3 Å². The van der Waals surface area contributed by atoms with Crippen LogP contribution in [-0.4, -0.2) is 28.9 Å². The van der Waals surface area contributed by atoms with Crippen molar-refractivity contribution in [1.82, 2.24) is 10.3 Å². The summed E-state index contributed by atoms with van der Waals surface area (Å²) >= 11 is 0. The molecule has 0 saturated heterocycles. The van der Waals surface area contributed by atoms with Gasteiger partial charge in [-0.05, 0) is 18.2 Å². The van der Waals surface area contributed by atoms with Gasteiger partial charge in [-0.3, -0.25) is 14.9 Å². The molecule has 2 rings (SSSR count). The monoisotopic (exact) mass is 286 g/mol. The molecule has 1 amide bonds. The Hall–Kier alpha value is -2.96. The van der Waals surface area contributed by atoms with E-state index >= 15 is 0 Å². The van der Waals surface area contributed by atoms with Crippen LogP contribution in [0.4, 0.5) is 11.5 Å². The maximum atomic E-state index is 11.8. The van der Waals surface area contributed by atoms with Crippen LogP contribution >= 0.6 is 0 Å². The lowest BCUT2D eigenvalue weighted by Crippen LogP contribution is -2.28. The molecule has 0 atom stereocenters. The molecule has 2 N–H and O–H groups in total. The van der Waals surface area contributed by atoms with Crippen LogP contribution in [0, 0.1) is 10.1 Å². The van der Waals surface area contributed by atoms with Gasteiger partial charge in [-0.25, -0.2) is 4.98 Å². The van der Waals surface area contributed by atoms with Crippen molar-refractivity contribution in [2.45, 2.75) is 0 Å². The van der Waals surface area contributed by atoms with Gasteiger partial charge in [0.15, 0.2) is 0 Å². The Bertz CT molecular complexity index is 631. The second-order valence-corrected chi connectivity index (χ2v) is 4.18. The quantitative estimate of drug-likeness (QED) is 0.479. The lowest BCUT2D eigenvalue weighted by Gasteiger charge is -2.07. The van der Waals surface area contributed by atoms with Gasteiger partial charge in [-0.15, -0.1) is 0 Å². The summed E-state index contributed by atoms with van der Waals surface area (Å²) < 4.78 is 0. The van der Waals surface area contributed by atoms with Gasteiger partial charge in [0, 0.05) is 30.9 Å². The zero-order chi connectivity index (χ0) is 15.1. The number of hydrogen-bond donors (Lipinski definition) is 2. The summed E-state index contributed by atoms with van der Waals surface area (Å²) in [5, 5.41) is 16.4. The number of amides is 1. The van der Waals surface area contributed by atoms with Gasteiger partial charge in [-0.1, -0.05) is 18.2 Å². The number of carbonyl (C=O) groups excluding carboxylic acids is 1. The molecule has 21 heavy (non-hydrogen) atoms. The fraction of sp³-hybridized carbons (Fsp3) is 0.143. The largest absolute Gasteiger partial charge is 0.363 e. The number of aromatic nitrogens is 1. The van der Waals surface area contributed by atoms with E-state index < -0.39 is 4.92 Å². The highest BCUT2D eigenvalue weighted by atomic mass is 16.6. The lowest BCUT2D eigenvalue weighted by atomic mass is 10.2. The molecule has 0 aliphatic heterocycles. The number of benzene rings is 1. The van der Waals surface area contributed by atoms with Gasteiger partial charge in [0.1, 0.15) is 0 Å². The van der Waals surface area contributed by atoms with E-state index in [0.717, 1.165) is 0 Å². The molecule has 0 saturated carbocycles. The van der Waals surface area contributed by atoms with Crippen LogP contribution in [0.5, 0.6) is 0 Å². The second kappa shape index (κ2) is 6.99. The molecular weight excluding hydrogens is 272 g/mol. The van der Waals surface area contributed by atoms with Crippen molar-refractivity contribution in [2.75, 3.05) is 18.4 Å². The zero-order valence-corrected chi connectivity index (χ0v) is 11.2. The van der Waals surface area contributed by atoms with E-state index in [-0.39, 0.29) is 17.4 Å². The molecular formula is C14H14N4O3. The second-order valence-electron chi connectivity index (χ2n) is 4.18. The average molecular weight is 286 g/mol. The van der Waals surface area contributed by atoms with Gasteiger partial charge < -0.3 is 10.6 Å². The van der Waals surface area contributed by atoms with Gasteiger partial charge >= 0.3 is 5.69 Å². The maximum absolute atomic E-state index is 11.8. The summed E-state index contributed by atoms with van der Waals surface area (Å²) in [7, 11) is 0. The molecule has 108 valence electrons. The number of rotatable bonds is 6. The van der Waals surface area contributed by atoms with Crippen LogP contribution in [0.15, 0.2) is 48.7 Å². The minimum absolute atomic E-state index is 0.0908. The van der Waals surface area contributed by atoms with E-state index in [1.807, 2.05) is 6.07 Å². The third kappa shape index (κ3) is 4.00. The van der Waals surface area contributed by atoms with Gasteiger partial charge in [0.25, 0.3) is 5.91 Å². The van der Waals surface area contributed by atoms with Crippen molar-refractivity contribution >= 4 is 17.4 Å². The van der Waals surface area contributed by atoms with E-state index in [0.29, 0.717) is 18.7 Å². The number of nitrogens with zero attached hydrogens (tertiary/aromatic N) is 2. The molecule has 0 bridgehead atoms.